The molecule has 23 heavy (non-hydrogen) atoms. The summed E-state index contributed by atoms with van der Waals surface area (Å²) in [6, 6.07) is 7.33. The number of allylic oxidation sites excluding steroid dienone is 3. The number of hydrazone groups is 1. The molecule has 2 rings (SSSR count). The van der Waals surface area contributed by atoms with E-state index in [1.54, 1.807) is 12.1 Å². The summed E-state index contributed by atoms with van der Waals surface area (Å²) in [5.41, 5.74) is 5.72. The fraction of sp³-hybridized carbons (Fsp3) is 0.333. The fourth-order valence-corrected chi connectivity index (χ4v) is 2.53. The van der Waals surface area contributed by atoms with Gasteiger partial charge in [-0.2, -0.15) is 5.10 Å². The highest BCUT2D eigenvalue weighted by atomic mass is 79.9. The molecule has 5 heteroatoms. The zero-order valence-electron chi connectivity index (χ0n) is 13.4. The lowest BCUT2D eigenvalue weighted by Crippen LogP contribution is -2.27. The number of halogens is 1. The Kier molecular flexibility index (Phi) is 6.16. The molecule has 1 amide bonds. The topological polar surface area (TPSA) is 50.7 Å². The van der Waals surface area contributed by atoms with Crippen molar-refractivity contribution in [2.24, 2.45) is 11.0 Å². The van der Waals surface area contributed by atoms with Crippen LogP contribution in [0.3, 0.4) is 0 Å². The van der Waals surface area contributed by atoms with Gasteiger partial charge in [0.25, 0.3) is 5.91 Å². The normalized spacial score (nSPS) is 19.2. The number of nitrogens with zero attached hydrogens (tertiary/aromatic N) is 1. The number of ether oxygens (including phenoxy) is 1. The summed E-state index contributed by atoms with van der Waals surface area (Å²) in [5.74, 6) is 0.770. The minimum atomic E-state index is -0.273. The van der Waals surface area contributed by atoms with Gasteiger partial charge in [0.15, 0.2) is 6.61 Å². The number of nitrogens with one attached hydrogen (secondary N) is 1. The van der Waals surface area contributed by atoms with Gasteiger partial charge in [-0.1, -0.05) is 34.2 Å². The van der Waals surface area contributed by atoms with E-state index in [0.29, 0.717) is 11.7 Å². The predicted molar refractivity (Wildman–Crippen MR) is 96.5 cm³/mol. The van der Waals surface area contributed by atoms with Crippen LogP contribution in [0.4, 0.5) is 0 Å². The second-order valence-electron chi connectivity index (χ2n) is 5.71. The van der Waals surface area contributed by atoms with Crippen LogP contribution in [0.5, 0.6) is 5.75 Å². The van der Waals surface area contributed by atoms with Crippen molar-refractivity contribution in [3.8, 4) is 5.75 Å². The second kappa shape index (κ2) is 8.11. The Hall–Kier alpha value is -1.88. The van der Waals surface area contributed by atoms with Crippen molar-refractivity contribution >= 4 is 27.5 Å². The van der Waals surface area contributed by atoms with E-state index in [-0.39, 0.29) is 12.5 Å². The molecule has 1 aromatic carbocycles. The zero-order valence-corrected chi connectivity index (χ0v) is 15.0. The molecule has 0 aliphatic heterocycles. The van der Waals surface area contributed by atoms with Crippen molar-refractivity contribution in [3.05, 3.63) is 52.5 Å². The van der Waals surface area contributed by atoms with Gasteiger partial charge in [0.1, 0.15) is 5.75 Å². The van der Waals surface area contributed by atoms with Crippen molar-refractivity contribution in [1.82, 2.24) is 5.43 Å². The van der Waals surface area contributed by atoms with Gasteiger partial charge < -0.3 is 4.74 Å². The van der Waals surface area contributed by atoms with Crippen LogP contribution < -0.4 is 10.2 Å². The maximum Gasteiger partial charge on any atom is 0.277 e. The molecule has 0 heterocycles. The Bertz CT molecular complexity index is 647. The molecule has 0 bridgehead atoms. The summed E-state index contributed by atoms with van der Waals surface area (Å²) in [6.45, 7) is 7.98. The van der Waals surface area contributed by atoms with Gasteiger partial charge in [-0.15, -0.1) is 0 Å². The molecule has 0 saturated carbocycles. The van der Waals surface area contributed by atoms with E-state index in [9.17, 15) is 4.79 Å². The number of benzene rings is 1. The Morgan fingerprint density at radius 1 is 1.43 bits per heavy atom. The van der Waals surface area contributed by atoms with Crippen LogP contribution in [-0.4, -0.2) is 18.2 Å². The maximum atomic E-state index is 11.9. The molecule has 1 atom stereocenters. The van der Waals surface area contributed by atoms with E-state index < -0.39 is 0 Å². The molecular formula is C18H21BrN2O2. The first-order valence-electron chi connectivity index (χ1n) is 7.52. The highest BCUT2D eigenvalue weighted by Crippen LogP contribution is 2.26. The van der Waals surface area contributed by atoms with Gasteiger partial charge in [0, 0.05) is 4.47 Å². The average Bonchev–Trinajstić information content (AvgIpc) is 2.53. The van der Waals surface area contributed by atoms with Gasteiger partial charge in [0.05, 0.1) is 5.71 Å². The first-order valence-corrected chi connectivity index (χ1v) is 8.31. The molecule has 4 nitrogen and oxygen atoms in total. The minimum absolute atomic E-state index is 0.0644. The quantitative estimate of drug-likeness (QED) is 0.617. The van der Waals surface area contributed by atoms with Crippen molar-refractivity contribution in [2.45, 2.75) is 26.7 Å². The Morgan fingerprint density at radius 3 is 2.78 bits per heavy atom. The lowest BCUT2D eigenvalue weighted by molar-refractivity contribution is -0.123. The number of hydrogen-bond donors (Lipinski definition) is 1. The monoisotopic (exact) mass is 376 g/mol. The van der Waals surface area contributed by atoms with Crippen LogP contribution in [0.25, 0.3) is 0 Å². The van der Waals surface area contributed by atoms with Gasteiger partial charge >= 0.3 is 0 Å². The number of carbonyl (C=O) groups is 1. The number of hydrogen-bond acceptors (Lipinski definition) is 3. The van der Waals surface area contributed by atoms with E-state index in [1.165, 1.54) is 0 Å². The Labute approximate surface area is 145 Å². The predicted octanol–water partition coefficient (Wildman–Crippen LogP) is 4.23. The van der Waals surface area contributed by atoms with Crippen molar-refractivity contribution < 1.29 is 9.53 Å². The van der Waals surface area contributed by atoms with E-state index in [2.05, 4.69) is 39.1 Å². The molecule has 0 saturated heterocycles. The maximum absolute atomic E-state index is 11.9. The number of amides is 1. The summed E-state index contributed by atoms with van der Waals surface area (Å²) < 4.78 is 6.38. The Balaban J connectivity index is 1.87. The third kappa shape index (κ3) is 5.36. The molecule has 122 valence electrons. The summed E-state index contributed by atoms with van der Waals surface area (Å²) in [7, 11) is 0. The molecule has 0 spiro atoms. The van der Waals surface area contributed by atoms with Crippen LogP contribution >= 0.6 is 15.9 Å². The van der Waals surface area contributed by atoms with E-state index in [1.807, 2.05) is 26.0 Å². The van der Waals surface area contributed by atoms with Crippen LogP contribution in [-0.2, 0) is 4.79 Å². The van der Waals surface area contributed by atoms with E-state index >= 15 is 0 Å². The first-order chi connectivity index (χ1) is 11.0. The molecule has 1 aliphatic rings. The molecule has 1 N–H and O–H groups in total. The Morgan fingerprint density at radius 2 is 2.13 bits per heavy atom. The number of carbonyl (C=O) groups excluding carboxylic acids is 1. The average molecular weight is 377 g/mol. The third-order valence-electron chi connectivity index (χ3n) is 3.80. The largest absolute Gasteiger partial charge is 0.484 e. The number of rotatable bonds is 5. The van der Waals surface area contributed by atoms with Crippen LogP contribution in [0.2, 0.25) is 0 Å². The molecule has 1 aromatic rings. The highest BCUT2D eigenvalue weighted by molar-refractivity contribution is 9.10. The second-order valence-corrected chi connectivity index (χ2v) is 6.62. The standard InChI is InChI=1S/C18H21BrN2O2/c1-12(2)14-5-4-13(3)17(10-14)20-21-18(22)11-23-16-8-6-15(19)7-9-16/h4,6-9,14H,1,5,10-11H2,2-3H3,(H,21,22). The molecule has 1 aliphatic carbocycles. The van der Waals surface area contributed by atoms with Gasteiger partial charge in [-0.3, -0.25) is 4.79 Å². The van der Waals surface area contributed by atoms with E-state index in [0.717, 1.165) is 34.2 Å². The fourth-order valence-electron chi connectivity index (χ4n) is 2.27. The molecule has 1 unspecified atom stereocenters. The minimum Gasteiger partial charge on any atom is -0.484 e. The summed E-state index contributed by atoms with van der Waals surface area (Å²) >= 11 is 3.35. The molecular weight excluding hydrogens is 356 g/mol. The summed E-state index contributed by atoms with van der Waals surface area (Å²) in [4.78, 5) is 11.9. The van der Waals surface area contributed by atoms with Crippen LogP contribution in [0, 0.1) is 5.92 Å². The summed E-state index contributed by atoms with van der Waals surface area (Å²) in [5, 5.41) is 4.24. The molecule has 0 radical (unpaired) electrons. The van der Waals surface area contributed by atoms with Crippen molar-refractivity contribution in [3.63, 3.8) is 0 Å². The third-order valence-corrected chi connectivity index (χ3v) is 4.33. The lowest BCUT2D eigenvalue weighted by Gasteiger charge is -2.22. The van der Waals surface area contributed by atoms with Crippen molar-refractivity contribution in [2.75, 3.05) is 6.61 Å². The van der Waals surface area contributed by atoms with Gasteiger partial charge in [0.2, 0.25) is 0 Å². The van der Waals surface area contributed by atoms with Gasteiger partial charge in [-0.25, -0.2) is 5.43 Å². The van der Waals surface area contributed by atoms with Gasteiger partial charge in [-0.05, 0) is 62.4 Å². The summed E-state index contributed by atoms with van der Waals surface area (Å²) in [6.07, 6.45) is 3.94. The zero-order chi connectivity index (χ0) is 16.8. The first kappa shape index (κ1) is 17.5. The smallest absolute Gasteiger partial charge is 0.277 e. The molecule has 0 fully saturated rings. The van der Waals surface area contributed by atoms with Crippen molar-refractivity contribution in [1.29, 1.82) is 0 Å². The van der Waals surface area contributed by atoms with Crippen LogP contribution in [0.1, 0.15) is 26.7 Å². The van der Waals surface area contributed by atoms with E-state index in [4.69, 9.17) is 4.74 Å². The molecule has 0 aromatic heterocycles. The lowest BCUT2D eigenvalue weighted by atomic mass is 9.85. The SMILES string of the molecule is C=C(C)C1CC=C(C)C(=NNC(=O)COc2ccc(Br)cc2)C1. The highest BCUT2D eigenvalue weighted by Gasteiger charge is 2.18. The van der Waals surface area contributed by atoms with Crippen LogP contribution in [0.15, 0.2) is 57.6 Å².